The summed E-state index contributed by atoms with van der Waals surface area (Å²) in [6.45, 7) is -0.486. The van der Waals surface area contributed by atoms with E-state index in [0.29, 0.717) is 35.6 Å². The molecule has 0 aliphatic heterocycles. The molecule has 6 heteroatoms. The van der Waals surface area contributed by atoms with Gasteiger partial charge in [-0.15, -0.1) is 0 Å². The van der Waals surface area contributed by atoms with Gasteiger partial charge in [0.05, 0.1) is 0 Å². The quantitative estimate of drug-likeness (QED) is 0.313. The van der Waals surface area contributed by atoms with Gasteiger partial charge in [-0.05, 0) is 84.6 Å². The van der Waals surface area contributed by atoms with Gasteiger partial charge in [0.2, 0.25) is 0 Å². The molecule has 0 N–H and O–H groups in total. The number of hydrogen-bond donors (Lipinski definition) is 0. The minimum absolute atomic E-state index is 0.168. The lowest BCUT2D eigenvalue weighted by atomic mass is 9.78. The maximum atomic E-state index is 15.2. The maximum absolute atomic E-state index is 15.2. The Kier molecular flexibility index (Phi) is 7.77. The van der Waals surface area contributed by atoms with Crippen molar-refractivity contribution in [3.63, 3.8) is 0 Å². The number of hydrogen-bond acceptors (Lipinski definition) is 2. The lowest BCUT2D eigenvalue weighted by molar-refractivity contribution is -0.153. The van der Waals surface area contributed by atoms with Crippen LogP contribution in [-0.2, 0) is 17.6 Å². The van der Waals surface area contributed by atoms with Crippen LogP contribution in [0.1, 0.15) is 48.3 Å². The van der Waals surface area contributed by atoms with E-state index in [1.165, 1.54) is 30.5 Å². The minimum atomic E-state index is -4.36. The van der Waals surface area contributed by atoms with E-state index in [1.54, 1.807) is 19.2 Å². The van der Waals surface area contributed by atoms with Crippen LogP contribution in [0.25, 0.3) is 10.8 Å². The van der Waals surface area contributed by atoms with Crippen LogP contribution in [0.15, 0.2) is 54.6 Å². The Bertz CT molecular complexity index is 1080. The topological polar surface area (TPSA) is 18.5 Å². The Morgan fingerprint density at radius 3 is 2.29 bits per heavy atom. The van der Waals surface area contributed by atoms with Crippen LogP contribution in [0.4, 0.5) is 17.6 Å². The molecular formula is C28H30F4O2. The Balaban J connectivity index is 1.38. The van der Waals surface area contributed by atoms with E-state index in [-0.39, 0.29) is 11.6 Å². The van der Waals surface area contributed by atoms with E-state index in [2.05, 4.69) is 12.1 Å². The molecule has 1 saturated carbocycles. The summed E-state index contributed by atoms with van der Waals surface area (Å²) in [5.41, 5.74) is 2.83. The largest absolute Gasteiger partial charge is 0.484 e. The van der Waals surface area contributed by atoms with Crippen LogP contribution < -0.4 is 4.74 Å². The van der Waals surface area contributed by atoms with Crippen molar-refractivity contribution < 1.29 is 27.0 Å². The van der Waals surface area contributed by atoms with Crippen LogP contribution in [-0.4, -0.2) is 26.5 Å². The molecule has 0 unspecified atom stereocenters. The third-order valence-corrected chi connectivity index (χ3v) is 6.79. The van der Waals surface area contributed by atoms with Crippen molar-refractivity contribution in [1.82, 2.24) is 0 Å². The summed E-state index contributed by atoms with van der Waals surface area (Å²) < 4.78 is 62.1. The first kappa shape index (κ1) is 24.5. The van der Waals surface area contributed by atoms with Gasteiger partial charge in [0.25, 0.3) is 0 Å². The van der Waals surface area contributed by atoms with E-state index >= 15 is 4.39 Å². The second-order valence-electron chi connectivity index (χ2n) is 9.24. The molecule has 0 saturated heterocycles. The molecule has 2 nitrogen and oxygen atoms in total. The summed E-state index contributed by atoms with van der Waals surface area (Å²) >= 11 is 0. The predicted octanol–water partition coefficient (Wildman–Crippen LogP) is 7.63. The normalized spacial score (nSPS) is 18.9. The first-order chi connectivity index (χ1) is 16.3. The van der Waals surface area contributed by atoms with Crippen molar-refractivity contribution in [2.24, 2.45) is 5.92 Å². The molecular weight excluding hydrogens is 444 g/mol. The number of benzene rings is 3. The Hall–Kier alpha value is -2.60. The van der Waals surface area contributed by atoms with E-state index in [0.717, 1.165) is 30.4 Å². The number of rotatable bonds is 8. The average molecular weight is 475 g/mol. The molecule has 0 atom stereocenters. The summed E-state index contributed by atoms with van der Waals surface area (Å²) in [4.78, 5) is 0. The number of fused-ring (bicyclic) bond motifs is 1. The fourth-order valence-electron chi connectivity index (χ4n) is 4.90. The molecule has 3 aromatic rings. The Labute approximate surface area is 197 Å². The van der Waals surface area contributed by atoms with Crippen molar-refractivity contribution in [1.29, 1.82) is 0 Å². The van der Waals surface area contributed by atoms with Gasteiger partial charge < -0.3 is 9.47 Å². The van der Waals surface area contributed by atoms with Gasteiger partial charge in [0, 0.05) is 19.1 Å². The highest BCUT2D eigenvalue weighted by Crippen LogP contribution is 2.37. The summed E-state index contributed by atoms with van der Waals surface area (Å²) in [5.74, 6) is 1.13. The summed E-state index contributed by atoms with van der Waals surface area (Å²) in [6, 6.07) is 16.4. The number of alkyl halides is 3. The molecule has 0 heterocycles. The monoisotopic (exact) mass is 474 g/mol. The molecule has 0 amide bonds. The average Bonchev–Trinajstić information content (AvgIpc) is 2.83. The molecule has 1 aliphatic rings. The molecule has 0 radical (unpaired) electrons. The minimum Gasteiger partial charge on any atom is -0.484 e. The highest BCUT2D eigenvalue weighted by molar-refractivity contribution is 5.84. The summed E-state index contributed by atoms with van der Waals surface area (Å²) in [7, 11) is 1.76. The third kappa shape index (κ3) is 6.29. The van der Waals surface area contributed by atoms with Crippen molar-refractivity contribution >= 4 is 10.8 Å². The van der Waals surface area contributed by atoms with E-state index in [9.17, 15) is 13.2 Å². The van der Waals surface area contributed by atoms with Gasteiger partial charge in [-0.2, -0.15) is 13.2 Å². The molecule has 0 aromatic heterocycles. The van der Waals surface area contributed by atoms with Crippen molar-refractivity contribution in [3.05, 3.63) is 77.1 Å². The molecule has 34 heavy (non-hydrogen) atoms. The highest BCUT2D eigenvalue weighted by Gasteiger charge is 2.28. The van der Waals surface area contributed by atoms with E-state index < -0.39 is 12.8 Å². The molecule has 182 valence electrons. The number of halogens is 4. The van der Waals surface area contributed by atoms with Crippen LogP contribution in [0.2, 0.25) is 0 Å². The smallest absolute Gasteiger partial charge is 0.422 e. The van der Waals surface area contributed by atoms with E-state index in [1.807, 2.05) is 18.2 Å². The first-order valence-corrected chi connectivity index (χ1v) is 11.8. The highest BCUT2D eigenvalue weighted by atomic mass is 19.4. The maximum Gasteiger partial charge on any atom is 0.422 e. The third-order valence-electron chi connectivity index (χ3n) is 6.79. The zero-order chi connectivity index (χ0) is 24.1. The Morgan fingerprint density at radius 1 is 0.882 bits per heavy atom. The van der Waals surface area contributed by atoms with Crippen LogP contribution in [0.3, 0.4) is 0 Å². The summed E-state index contributed by atoms with van der Waals surface area (Å²) in [6.07, 6.45) is 1.34. The van der Waals surface area contributed by atoms with Gasteiger partial charge >= 0.3 is 6.18 Å². The van der Waals surface area contributed by atoms with Gasteiger partial charge in [0.1, 0.15) is 11.6 Å². The second-order valence-corrected chi connectivity index (χ2v) is 9.24. The van der Waals surface area contributed by atoms with E-state index in [4.69, 9.17) is 9.47 Å². The number of aryl methyl sites for hydroxylation is 2. The van der Waals surface area contributed by atoms with Crippen molar-refractivity contribution in [2.75, 3.05) is 20.3 Å². The van der Waals surface area contributed by atoms with Crippen LogP contribution in [0.5, 0.6) is 5.75 Å². The predicted molar refractivity (Wildman–Crippen MR) is 126 cm³/mol. The first-order valence-electron chi connectivity index (χ1n) is 11.8. The summed E-state index contributed by atoms with van der Waals surface area (Å²) in [5, 5.41) is 1.55. The standard InChI is InChI=1S/C28H30F4O2/c1-33-17-20-3-7-21(8-4-20)23-12-15-26-24(16-23)11-10-22(27(26)29)9-2-19-5-13-25(14-6-19)34-18-28(30,31)32/h5-6,10-16,20-21H,2-4,7-9,17-18H2,1H3. The lowest BCUT2D eigenvalue weighted by Gasteiger charge is -2.28. The zero-order valence-corrected chi connectivity index (χ0v) is 19.3. The SMILES string of the molecule is COCC1CCC(c2ccc3c(F)c(CCc4ccc(OCC(F)(F)F)cc4)ccc3c2)CC1. The van der Waals surface area contributed by atoms with Gasteiger partial charge in [-0.25, -0.2) is 4.39 Å². The Morgan fingerprint density at radius 2 is 1.62 bits per heavy atom. The van der Waals surface area contributed by atoms with Crippen LogP contribution >= 0.6 is 0 Å². The van der Waals surface area contributed by atoms with Crippen LogP contribution in [0, 0.1) is 11.7 Å². The molecule has 4 rings (SSSR count). The van der Waals surface area contributed by atoms with Gasteiger partial charge in [-0.3, -0.25) is 0 Å². The molecule has 3 aromatic carbocycles. The number of ether oxygens (including phenoxy) is 2. The second kappa shape index (κ2) is 10.8. The van der Waals surface area contributed by atoms with Gasteiger partial charge in [0.15, 0.2) is 6.61 Å². The fraction of sp³-hybridized carbons (Fsp3) is 0.429. The molecule has 1 aliphatic carbocycles. The number of methoxy groups -OCH3 is 1. The lowest BCUT2D eigenvalue weighted by Crippen LogP contribution is -2.19. The molecule has 1 fully saturated rings. The zero-order valence-electron chi connectivity index (χ0n) is 19.3. The van der Waals surface area contributed by atoms with Crippen molar-refractivity contribution in [3.8, 4) is 5.75 Å². The molecule has 0 bridgehead atoms. The fourth-order valence-corrected chi connectivity index (χ4v) is 4.90. The van der Waals surface area contributed by atoms with Gasteiger partial charge in [-0.1, -0.05) is 42.5 Å². The van der Waals surface area contributed by atoms with Crippen molar-refractivity contribution in [2.45, 2.75) is 50.6 Å². The molecule has 0 spiro atoms.